The molecule has 106 valence electrons. The quantitative estimate of drug-likeness (QED) is 0.799. The van der Waals surface area contributed by atoms with E-state index in [0.717, 1.165) is 22.5 Å². The molecule has 1 N–H and O–H groups in total. The molecule has 3 rings (SSSR count). The fourth-order valence-electron chi connectivity index (χ4n) is 2.17. The number of ether oxygens (including phenoxy) is 1. The molecule has 0 atom stereocenters. The summed E-state index contributed by atoms with van der Waals surface area (Å²) in [5.74, 6) is 0.688. The number of hydrogen-bond donors (Lipinski definition) is 1. The monoisotopic (exact) mass is 281 g/mol. The zero-order valence-electron chi connectivity index (χ0n) is 11.6. The SMILES string of the molecule is COc1cccc(CC(=O)Nc2ccn3nccc3c2)c1. The van der Waals surface area contributed by atoms with Crippen LogP contribution in [0.2, 0.25) is 0 Å². The minimum atomic E-state index is -0.0629. The van der Waals surface area contributed by atoms with Crippen molar-refractivity contribution in [2.45, 2.75) is 6.42 Å². The Balaban J connectivity index is 1.70. The Hall–Kier alpha value is -2.82. The fourth-order valence-corrected chi connectivity index (χ4v) is 2.17. The van der Waals surface area contributed by atoms with Gasteiger partial charge in [-0.2, -0.15) is 5.10 Å². The van der Waals surface area contributed by atoms with E-state index in [-0.39, 0.29) is 5.91 Å². The second kappa shape index (κ2) is 5.66. The minimum absolute atomic E-state index is 0.0629. The number of aromatic nitrogens is 2. The first kappa shape index (κ1) is 13.2. The molecule has 2 heterocycles. The Bertz CT molecular complexity index is 780. The van der Waals surface area contributed by atoms with Crippen LogP contribution in [0.4, 0.5) is 5.69 Å². The second-order valence-electron chi connectivity index (χ2n) is 4.69. The topological polar surface area (TPSA) is 55.6 Å². The highest BCUT2D eigenvalue weighted by Gasteiger charge is 2.06. The van der Waals surface area contributed by atoms with Crippen molar-refractivity contribution in [2.75, 3.05) is 12.4 Å². The summed E-state index contributed by atoms with van der Waals surface area (Å²) in [5.41, 5.74) is 2.61. The van der Waals surface area contributed by atoms with Crippen molar-refractivity contribution in [3.8, 4) is 5.75 Å². The Labute approximate surface area is 122 Å². The summed E-state index contributed by atoms with van der Waals surface area (Å²) in [5, 5.41) is 7.00. The number of nitrogens with one attached hydrogen (secondary N) is 1. The molecular weight excluding hydrogens is 266 g/mol. The number of methoxy groups -OCH3 is 1. The number of pyridine rings is 1. The van der Waals surface area contributed by atoms with Crippen LogP contribution in [-0.2, 0) is 11.2 Å². The average Bonchev–Trinajstić information content (AvgIpc) is 2.95. The van der Waals surface area contributed by atoms with Gasteiger partial charge in [-0.15, -0.1) is 0 Å². The number of rotatable bonds is 4. The van der Waals surface area contributed by atoms with E-state index in [1.807, 2.05) is 48.7 Å². The Morgan fingerprint density at radius 3 is 3.05 bits per heavy atom. The van der Waals surface area contributed by atoms with Gasteiger partial charge >= 0.3 is 0 Å². The third-order valence-corrected chi connectivity index (χ3v) is 3.18. The molecule has 5 heteroatoms. The predicted molar refractivity (Wildman–Crippen MR) is 80.5 cm³/mol. The first-order chi connectivity index (χ1) is 10.2. The molecule has 1 aromatic carbocycles. The second-order valence-corrected chi connectivity index (χ2v) is 4.69. The predicted octanol–water partition coefficient (Wildman–Crippen LogP) is 2.52. The summed E-state index contributed by atoms with van der Waals surface area (Å²) in [7, 11) is 1.61. The van der Waals surface area contributed by atoms with Crippen LogP contribution in [0.1, 0.15) is 5.56 Å². The number of hydrogen-bond acceptors (Lipinski definition) is 3. The third kappa shape index (κ3) is 3.02. The molecule has 0 bridgehead atoms. The number of amides is 1. The number of carbonyl (C=O) groups is 1. The van der Waals surface area contributed by atoms with E-state index in [9.17, 15) is 4.79 Å². The van der Waals surface area contributed by atoms with Crippen LogP contribution in [0.5, 0.6) is 5.75 Å². The van der Waals surface area contributed by atoms with E-state index < -0.39 is 0 Å². The molecule has 21 heavy (non-hydrogen) atoms. The van der Waals surface area contributed by atoms with Crippen LogP contribution in [0.25, 0.3) is 5.52 Å². The summed E-state index contributed by atoms with van der Waals surface area (Å²) in [4.78, 5) is 12.1. The minimum Gasteiger partial charge on any atom is -0.497 e. The first-order valence-electron chi connectivity index (χ1n) is 6.61. The van der Waals surface area contributed by atoms with Crippen LogP contribution in [0.3, 0.4) is 0 Å². The van der Waals surface area contributed by atoms with Gasteiger partial charge in [0.15, 0.2) is 0 Å². The summed E-state index contributed by atoms with van der Waals surface area (Å²) in [6.45, 7) is 0. The maximum absolute atomic E-state index is 12.1. The molecule has 0 aliphatic carbocycles. The lowest BCUT2D eigenvalue weighted by molar-refractivity contribution is -0.115. The van der Waals surface area contributed by atoms with Crippen LogP contribution >= 0.6 is 0 Å². The lowest BCUT2D eigenvalue weighted by Crippen LogP contribution is -2.14. The molecule has 0 unspecified atom stereocenters. The number of benzene rings is 1. The highest BCUT2D eigenvalue weighted by Crippen LogP contribution is 2.15. The molecule has 0 saturated carbocycles. The van der Waals surface area contributed by atoms with Gasteiger partial charge in [0, 0.05) is 18.1 Å². The maximum Gasteiger partial charge on any atom is 0.228 e. The summed E-state index contributed by atoms with van der Waals surface area (Å²) in [6.07, 6.45) is 3.84. The molecular formula is C16H15N3O2. The molecule has 1 amide bonds. The third-order valence-electron chi connectivity index (χ3n) is 3.18. The van der Waals surface area contributed by atoms with Crippen LogP contribution in [0, 0.1) is 0 Å². The van der Waals surface area contributed by atoms with Crippen molar-refractivity contribution in [3.05, 3.63) is 60.4 Å². The molecule has 0 radical (unpaired) electrons. The van der Waals surface area contributed by atoms with Crippen LogP contribution < -0.4 is 10.1 Å². The van der Waals surface area contributed by atoms with E-state index >= 15 is 0 Å². The van der Waals surface area contributed by atoms with Gasteiger partial charge in [-0.25, -0.2) is 4.52 Å². The van der Waals surface area contributed by atoms with Gasteiger partial charge in [0.2, 0.25) is 5.91 Å². The number of fused-ring (bicyclic) bond motifs is 1. The smallest absolute Gasteiger partial charge is 0.228 e. The average molecular weight is 281 g/mol. The molecule has 0 aliphatic rings. The van der Waals surface area contributed by atoms with Gasteiger partial charge in [0.25, 0.3) is 0 Å². The molecule has 0 saturated heterocycles. The van der Waals surface area contributed by atoms with Crippen LogP contribution in [0.15, 0.2) is 54.9 Å². The highest BCUT2D eigenvalue weighted by molar-refractivity contribution is 5.92. The van der Waals surface area contributed by atoms with E-state index in [1.54, 1.807) is 17.8 Å². The Morgan fingerprint density at radius 2 is 2.19 bits per heavy atom. The van der Waals surface area contributed by atoms with Crippen molar-refractivity contribution < 1.29 is 9.53 Å². The molecule has 0 aliphatic heterocycles. The zero-order chi connectivity index (χ0) is 14.7. The molecule has 5 nitrogen and oxygen atoms in total. The van der Waals surface area contributed by atoms with E-state index in [1.165, 1.54) is 0 Å². The normalized spacial score (nSPS) is 10.5. The molecule has 3 aromatic rings. The maximum atomic E-state index is 12.1. The lowest BCUT2D eigenvalue weighted by atomic mass is 10.1. The van der Waals surface area contributed by atoms with Gasteiger partial charge in [0.05, 0.1) is 19.0 Å². The summed E-state index contributed by atoms with van der Waals surface area (Å²) in [6, 6.07) is 13.1. The number of carbonyl (C=O) groups excluding carboxylic acids is 1. The first-order valence-corrected chi connectivity index (χ1v) is 6.61. The Morgan fingerprint density at radius 1 is 1.29 bits per heavy atom. The summed E-state index contributed by atoms with van der Waals surface area (Å²) < 4.78 is 6.90. The number of nitrogens with zero attached hydrogens (tertiary/aromatic N) is 2. The fraction of sp³-hybridized carbons (Fsp3) is 0.125. The van der Waals surface area contributed by atoms with E-state index in [0.29, 0.717) is 6.42 Å². The van der Waals surface area contributed by atoms with Crippen LogP contribution in [-0.4, -0.2) is 22.6 Å². The van der Waals surface area contributed by atoms with Gasteiger partial charge in [-0.3, -0.25) is 4.79 Å². The largest absolute Gasteiger partial charge is 0.497 e. The molecule has 2 aromatic heterocycles. The number of anilines is 1. The van der Waals surface area contributed by atoms with Crippen molar-refractivity contribution in [1.29, 1.82) is 0 Å². The van der Waals surface area contributed by atoms with E-state index in [2.05, 4.69) is 10.4 Å². The van der Waals surface area contributed by atoms with Crippen molar-refractivity contribution in [2.24, 2.45) is 0 Å². The van der Waals surface area contributed by atoms with Crippen molar-refractivity contribution >= 4 is 17.1 Å². The highest BCUT2D eigenvalue weighted by atomic mass is 16.5. The van der Waals surface area contributed by atoms with Gasteiger partial charge in [-0.05, 0) is 35.9 Å². The summed E-state index contributed by atoms with van der Waals surface area (Å²) >= 11 is 0. The molecule has 0 spiro atoms. The van der Waals surface area contributed by atoms with Crippen molar-refractivity contribution in [3.63, 3.8) is 0 Å². The Kier molecular flexibility index (Phi) is 3.55. The molecule has 0 fully saturated rings. The lowest BCUT2D eigenvalue weighted by Gasteiger charge is -2.07. The van der Waals surface area contributed by atoms with E-state index in [4.69, 9.17) is 4.74 Å². The van der Waals surface area contributed by atoms with Gasteiger partial charge in [0.1, 0.15) is 5.75 Å². The van der Waals surface area contributed by atoms with Gasteiger partial charge in [-0.1, -0.05) is 12.1 Å². The zero-order valence-corrected chi connectivity index (χ0v) is 11.6. The van der Waals surface area contributed by atoms with Gasteiger partial charge < -0.3 is 10.1 Å². The van der Waals surface area contributed by atoms with Crippen molar-refractivity contribution in [1.82, 2.24) is 9.61 Å². The standard InChI is InChI=1S/C16H15N3O2/c1-21-15-4-2-3-12(9-15)10-16(20)18-13-6-8-19-14(11-13)5-7-17-19/h2-9,11H,10H2,1H3,(H,18,20).